The summed E-state index contributed by atoms with van der Waals surface area (Å²) in [5, 5.41) is 10.6. The van der Waals surface area contributed by atoms with Crippen LogP contribution in [-0.2, 0) is 65.4 Å². The van der Waals surface area contributed by atoms with Gasteiger partial charge in [-0.05, 0) is 37.5 Å². The van der Waals surface area contributed by atoms with E-state index in [1.807, 2.05) is 0 Å². The Kier molecular flexibility index (Phi) is 58.0. The van der Waals surface area contributed by atoms with Gasteiger partial charge in [-0.25, -0.2) is 9.13 Å². The number of hydrogen-bond acceptors (Lipinski definition) is 15. The van der Waals surface area contributed by atoms with Gasteiger partial charge in [0.1, 0.15) is 19.3 Å². The van der Waals surface area contributed by atoms with Gasteiger partial charge >= 0.3 is 39.5 Å². The molecule has 0 aromatic rings. The van der Waals surface area contributed by atoms with Crippen LogP contribution in [0.25, 0.3) is 0 Å². The molecule has 0 amide bonds. The average molecular weight is 1270 g/mol. The maximum Gasteiger partial charge on any atom is 0.472 e. The number of rotatable bonds is 66. The molecule has 510 valence electrons. The standard InChI is InChI=1S/C67H130O17P2/c1-7-9-11-13-15-17-19-20-26-33-39-45-51-66(71)83-62(55-77-64(69)49-43-37-31-25-18-16-14-12-10-8-2)57-81-85(73,74)79-53-61(68)54-80-86(75,76)82-58-63(84-67(72)52-46-40-34-28-22-24-30-36-42-48-60(5)6)56-78-65(70)50-44-38-32-27-21-23-29-35-41-47-59(3)4/h59-63,68H,7-58H2,1-6H3,(H,73,74)(H,75,76)/t61-,62+,63+/m0/s1. The average Bonchev–Trinajstić information content (AvgIpc) is 3.68. The molecule has 0 aromatic heterocycles. The number of carbonyl (C=O) groups is 4. The molecule has 0 rings (SSSR count). The highest BCUT2D eigenvalue weighted by Crippen LogP contribution is 2.45. The summed E-state index contributed by atoms with van der Waals surface area (Å²) >= 11 is 0. The van der Waals surface area contributed by atoms with Crippen molar-refractivity contribution in [2.45, 2.75) is 355 Å². The van der Waals surface area contributed by atoms with E-state index >= 15 is 0 Å². The van der Waals surface area contributed by atoms with Gasteiger partial charge in [0.05, 0.1) is 26.4 Å². The maximum absolute atomic E-state index is 13.0. The van der Waals surface area contributed by atoms with Crippen molar-refractivity contribution < 1.29 is 80.2 Å². The van der Waals surface area contributed by atoms with E-state index < -0.39 is 97.5 Å². The smallest absolute Gasteiger partial charge is 0.462 e. The summed E-state index contributed by atoms with van der Waals surface area (Å²) in [6.07, 6.45) is 42.9. The summed E-state index contributed by atoms with van der Waals surface area (Å²) < 4.78 is 68.1. The van der Waals surface area contributed by atoms with Crippen LogP contribution in [0.1, 0.15) is 337 Å². The number of hydrogen-bond donors (Lipinski definition) is 3. The predicted octanol–water partition coefficient (Wildman–Crippen LogP) is 18.8. The number of esters is 4. The molecule has 0 aromatic carbocycles. The van der Waals surface area contributed by atoms with Crippen LogP contribution in [0.4, 0.5) is 0 Å². The fraction of sp³-hybridized carbons (Fsp3) is 0.940. The second kappa shape index (κ2) is 59.4. The summed E-state index contributed by atoms with van der Waals surface area (Å²) in [6.45, 7) is 9.47. The molecule has 86 heavy (non-hydrogen) atoms. The molecule has 3 N–H and O–H groups in total. The Morgan fingerprint density at radius 3 is 0.791 bits per heavy atom. The summed E-state index contributed by atoms with van der Waals surface area (Å²) in [5.41, 5.74) is 0. The monoisotopic (exact) mass is 1270 g/mol. The SMILES string of the molecule is CCCCCCCCCCCCCCC(=O)O[C@H](COC(=O)CCCCCCCCCCCC)COP(=O)(O)OC[C@H](O)COP(=O)(O)OC[C@@H](COC(=O)CCCCCCCCCCCC(C)C)OC(=O)CCCCCCCCCCCC(C)C. The number of carbonyl (C=O) groups excluding carboxylic acids is 4. The molecule has 0 bridgehead atoms. The molecule has 0 radical (unpaired) electrons. The number of unbranched alkanes of at least 4 members (excludes halogenated alkanes) is 36. The van der Waals surface area contributed by atoms with Gasteiger partial charge in [-0.15, -0.1) is 0 Å². The second-order valence-corrected chi connectivity index (χ2v) is 28.1. The molecule has 2 unspecified atom stereocenters. The van der Waals surface area contributed by atoms with E-state index in [0.29, 0.717) is 25.7 Å². The van der Waals surface area contributed by atoms with Crippen LogP contribution in [0, 0.1) is 11.8 Å². The lowest BCUT2D eigenvalue weighted by molar-refractivity contribution is -0.161. The minimum absolute atomic E-state index is 0.105. The number of phosphoric ester groups is 2. The van der Waals surface area contributed by atoms with Crippen molar-refractivity contribution in [2.75, 3.05) is 39.6 Å². The van der Waals surface area contributed by atoms with Crippen molar-refractivity contribution in [3.8, 4) is 0 Å². The largest absolute Gasteiger partial charge is 0.472 e. The van der Waals surface area contributed by atoms with E-state index in [4.69, 9.17) is 37.0 Å². The van der Waals surface area contributed by atoms with Gasteiger partial charge in [0, 0.05) is 25.7 Å². The number of aliphatic hydroxyl groups is 1. The molecular weight excluding hydrogens is 1140 g/mol. The number of aliphatic hydroxyl groups excluding tert-OH is 1. The van der Waals surface area contributed by atoms with Crippen LogP contribution < -0.4 is 0 Å². The third kappa shape index (κ3) is 60.9. The molecule has 19 heteroatoms. The van der Waals surface area contributed by atoms with Crippen LogP contribution in [-0.4, -0.2) is 96.7 Å². The first-order chi connectivity index (χ1) is 41.4. The summed E-state index contributed by atoms with van der Waals surface area (Å²) in [4.78, 5) is 72.4. The highest BCUT2D eigenvalue weighted by Gasteiger charge is 2.30. The minimum atomic E-state index is -4.95. The molecule has 5 atom stereocenters. The minimum Gasteiger partial charge on any atom is -0.462 e. The Hall–Kier alpha value is -1.94. The molecule has 0 aliphatic carbocycles. The van der Waals surface area contributed by atoms with Crippen LogP contribution in [0.3, 0.4) is 0 Å². The summed E-state index contributed by atoms with van der Waals surface area (Å²) in [6, 6.07) is 0. The molecule has 0 spiro atoms. The van der Waals surface area contributed by atoms with Gasteiger partial charge in [0.15, 0.2) is 12.2 Å². The van der Waals surface area contributed by atoms with E-state index in [2.05, 4.69) is 41.5 Å². The lowest BCUT2D eigenvalue weighted by Crippen LogP contribution is -2.30. The van der Waals surface area contributed by atoms with Crippen LogP contribution in [0.15, 0.2) is 0 Å². The Morgan fingerprint density at radius 1 is 0.314 bits per heavy atom. The van der Waals surface area contributed by atoms with E-state index in [1.165, 1.54) is 154 Å². The molecule has 0 saturated heterocycles. The highest BCUT2D eigenvalue weighted by atomic mass is 31.2. The second-order valence-electron chi connectivity index (χ2n) is 25.2. The molecule has 0 saturated carbocycles. The lowest BCUT2D eigenvalue weighted by atomic mass is 10.0. The van der Waals surface area contributed by atoms with Crippen molar-refractivity contribution in [3.05, 3.63) is 0 Å². The first-order valence-corrected chi connectivity index (χ1v) is 38.0. The van der Waals surface area contributed by atoms with E-state index in [1.54, 1.807) is 0 Å². The van der Waals surface area contributed by atoms with Crippen molar-refractivity contribution in [1.29, 1.82) is 0 Å². The molecule has 0 heterocycles. The summed E-state index contributed by atoms with van der Waals surface area (Å²) in [7, 11) is -9.89. The zero-order chi connectivity index (χ0) is 63.6. The van der Waals surface area contributed by atoms with Gasteiger partial charge in [0.25, 0.3) is 0 Å². The van der Waals surface area contributed by atoms with Crippen LogP contribution in [0.5, 0.6) is 0 Å². The number of phosphoric acid groups is 2. The Labute approximate surface area is 524 Å². The van der Waals surface area contributed by atoms with Crippen molar-refractivity contribution in [2.24, 2.45) is 11.8 Å². The van der Waals surface area contributed by atoms with E-state index in [0.717, 1.165) is 102 Å². The molecule has 0 fully saturated rings. The molecule has 0 aliphatic rings. The van der Waals surface area contributed by atoms with E-state index in [9.17, 15) is 43.2 Å². The normalized spacial score (nSPS) is 14.2. The highest BCUT2D eigenvalue weighted by molar-refractivity contribution is 7.47. The topological polar surface area (TPSA) is 237 Å². The van der Waals surface area contributed by atoms with Crippen molar-refractivity contribution in [3.63, 3.8) is 0 Å². The summed E-state index contributed by atoms with van der Waals surface area (Å²) in [5.74, 6) is -0.648. The van der Waals surface area contributed by atoms with Gasteiger partial charge in [-0.3, -0.25) is 37.3 Å². The fourth-order valence-electron chi connectivity index (χ4n) is 10.1. The maximum atomic E-state index is 13.0. The Balaban J connectivity index is 5.25. The van der Waals surface area contributed by atoms with Gasteiger partial charge < -0.3 is 33.8 Å². The quantitative estimate of drug-likeness (QED) is 0.0222. The third-order valence-electron chi connectivity index (χ3n) is 15.5. The van der Waals surface area contributed by atoms with Gasteiger partial charge in [-0.1, -0.05) is 286 Å². The zero-order valence-corrected chi connectivity index (χ0v) is 57.4. The first kappa shape index (κ1) is 84.1. The first-order valence-electron chi connectivity index (χ1n) is 35.0. The fourth-order valence-corrected chi connectivity index (χ4v) is 11.6. The van der Waals surface area contributed by atoms with Crippen LogP contribution >= 0.6 is 15.6 Å². The lowest BCUT2D eigenvalue weighted by Gasteiger charge is -2.21. The van der Waals surface area contributed by atoms with Gasteiger partial charge in [0.2, 0.25) is 0 Å². The van der Waals surface area contributed by atoms with Crippen LogP contribution in [0.2, 0.25) is 0 Å². The molecule has 0 aliphatic heterocycles. The Morgan fingerprint density at radius 2 is 0.535 bits per heavy atom. The van der Waals surface area contributed by atoms with Gasteiger partial charge in [-0.2, -0.15) is 0 Å². The Bertz CT molecular complexity index is 1680. The van der Waals surface area contributed by atoms with E-state index in [-0.39, 0.29) is 25.7 Å². The van der Waals surface area contributed by atoms with Crippen molar-refractivity contribution >= 4 is 39.5 Å². The third-order valence-corrected chi connectivity index (χ3v) is 17.4. The zero-order valence-electron chi connectivity index (χ0n) is 55.6. The molecular formula is C67H130O17P2. The van der Waals surface area contributed by atoms with Crippen molar-refractivity contribution in [1.82, 2.24) is 0 Å². The molecule has 17 nitrogen and oxygen atoms in total. The predicted molar refractivity (Wildman–Crippen MR) is 345 cm³/mol. The number of ether oxygens (including phenoxy) is 4.